The van der Waals surface area contributed by atoms with Crippen molar-refractivity contribution in [2.75, 3.05) is 19.7 Å². The average Bonchev–Trinajstić information content (AvgIpc) is 4.09. The van der Waals surface area contributed by atoms with Gasteiger partial charge in [-0.2, -0.15) is 4.31 Å². The maximum Gasteiger partial charge on any atom is 0.251 e. The molecule has 53 heavy (non-hydrogen) atoms. The van der Waals surface area contributed by atoms with Crippen LogP contribution in [0.5, 0.6) is 5.75 Å². The summed E-state index contributed by atoms with van der Waals surface area (Å²) >= 11 is 6.45. The van der Waals surface area contributed by atoms with Gasteiger partial charge in [-0.05, 0) is 87.8 Å². The fourth-order valence-electron chi connectivity index (χ4n) is 6.02. The van der Waals surface area contributed by atoms with E-state index in [-0.39, 0.29) is 43.7 Å². The first-order valence-corrected chi connectivity index (χ1v) is 19.5. The molecule has 1 heterocycles. The summed E-state index contributed by atoms with van der Waals surface area (Å²) in [6, 6.07) is 11.3. The summed E-state index contributed by atoms with van der Waals surface area (Å²) < 4.78 is 56.9. The van der Waals surface area contributed by atoms with Crippen LogP contribution in [0.25, 0.3) is 11.1 Å². The van der Waals surface area contributed by atoms with Crippen molar-refractivity contribution in [1.82, 2.24) is 14.6 Å². The van der Waals surface area contributed by atoms with E-state index in [0.717, 1.165) is 45.7 Å². The van der Waals surface area contributed by atoms with Crippen molar-refractivity contribution in [3.63, 3.8) is 0 Å². The van der Waals surface area contributed by atoms with Gasteiger partial charge in [-0.3, -0.25) is 9.78 Å². The molecule has 2 fully saturated rings. The highest BCUT2D eigenvalue weighted by molar-refractivity contribution is 7.89. The predicted molar refractivity (Wildman–Crippen MR) is 193 cm³/mol. The van der Waals surface area contributed by atoms with Gasteiger partial charge in [0.15, 0.2) is 6.10 Å². The van der Waals surface area contributed by atoms with Gasteiger partial charge in [0.1, 0.15) is 34.8 Å². The van der Waals surface area contributed by atoms with Crippen LogP contribution in [0.15, 0.2) is 59.8 Å². The number of hydrogen-bond acceptors (Lipinski definition) is 11. The first kappa shape index (κ1) is 40.9. The number of nitrogens with zero attached hydrogens (tertiary/aromatic N) is 2. The van der Waals surface area contributed by atoms with Gasteiger partial charge in [-0.15, -0.1) is 0 Å². The zero-order valence-corrected chi connectivity index (χ0v) is 31.1. The van der Waals surface area contributed by atoms with Crippen molar-refractivity contribution in [2.24, 2.45) is 0 Å². The summed E-state index contributed by atoms with van der Waals surface area (Å²) in [5.41, 5.74) is 2.29. The van der Waals surface area contributed by atoms with Crippen LogP contribution in [0, 0.1) is 5.82 Å². The number of ether oxygens (including phenoxy) is 2. The summed E-state index contributed by atoms with van der Waals surface area (Å²) in [5.74, 6) is -1.27. The quantitative estimate of drug-likeness (QED) is 0.0922. The number of aliphatic hydroxyl groups excluding tert-OH is 5. The Hall–Kier alpha value is -3.25. The van der Waals surface area contributed by atoms with Gasteiger partial charge in [0, 0.05) is 47.7 Å². The van der Waals surface area contributed by atoms with Crippen LogP contribution in [0.1, 0.15) is 63.5 Å². The SMILES string of the molecule is CC(C)N(CCCCNC(=O)[C@@H](O)[C@@H](O)[C@H](O)[C@@H](O)CO)S(=O)(=O)c1cc(COC2(c3cnccc3-c3ccccc3OC3CC3)CC2)c(Cl)cc1F. The lowest BCUT2D eigenvalue weighted by Crippen LogP contribution is -2.51. The number of para-hydroxylation sites is 1. The molecule has 2 aromatic carbocycles. The molecule has 0 unspecified atom stereocenters. The zero-order chi connectivity index (χ0) is 38.5. The molecule has 290 valence electrons. The second-order valence-corrected chi connectivity index (χ2v) is 16.0. The summed E-state index contributed by atoms with van der Waals surface area (Å²) in [6.07, 6.45) is -0.292. The number of hydrogen-bond donors (Lipinski definition) is 6. The molecule has 16 heteroatoms. The molecule has 6 N–H and O–H groups in total. The molecule has 13 nitrogen and oxygen atoms in total. The summed E-state index contributed by atoms with van der Waals surface area (Å²) in [6.45, 7) is 2.26. The lowest BCUT2D eigenvalue weighted by Gasteiger charge is -2.27. The van der Waals surface area contributed by atoms with Crippen molar-refractivity contribution in [3.8, 4) is 16.9 Å². The minimum atomic E-state index is -4.37. The lowest BCUT2D eigenvalue weighted by atomic mass is 9.96. The molecule has 0 spiro atoms. The molecular formula is C37H47ClFN3O10S. The van der Waals surface area contributed by atoms with Gasteiger partial charge in [-0.25, -0.2) is 12.8 Å². The van der Waals surface area contributed by atoms with Crippen molar-refractivity contribution in [3.05, 3.63) is 76.8 Å². The van der Waals surface area contributed by atoms with Gasteiger partial charge < -0.3 is 40.3 Å². The second-order valence-electron chi connectivity index (χ2n) is 13.8. The van der Waals surface area contributed by atoms with Crippen LogP contribution in [0.3, 0.4) is 0 Å². The number of pyridine rings is 1. The highest BCUT2D eigenvalue weighted by Crippen LogP contribution is 2.53. The summed E-state index contributed by atoms with van der Waals surface area (Å²) in [5, 5.41) is 50.4. The van der Waals surface area contributed by atoms with Crippen LogP contribution in [0.4, 0.5) is 4.39 Å². The highest BCUT2D eigenvalue weighted by atomic mass is 35.5. The average molecular weight is 780 g/mol. The maximum atomic E-state index is 15.4. The largest absolute Gasteiger partial charge is 0.490 e. The van der Waals surface area contributed by atoms with E-state index in [1.54, 1.807) is 26.2 Å². The molecule has 0 aliphatic heterocycles. The molecule has 2 aliphatic rings. The normalized spacial score (nSPS) is 17.7. The number of aromatic nitrogens is 1. The summed E-state index contributed by atoms with van der Waals surface area (Å²) in [4.78, 5) is 16.0. The van der Waals surface area contributed by atoms with Crippen LogP contribution < -0.4 is 10.1 Å². The Morgan fingerprint density at radius 2 is 1.79 bits per heavy atom. The number of rotatable bonds is 20. The minimum absolute atomic E-state index is 0.0179. The van der Waals surface area contributed by atoms with E-state index in [1.165, 1.54) is 6.07 Å². The number of halogens is 2. The standard InChI is InChI=1S/C37H47ClFN3O10S/c1-22(2)42(16-6-5-14-41-36(48)35(47)34(46)33(45)30(44)20-43)53(49,50)32-17-23(28(38)18-29(32)39)21-51-37(12-13-37)27-19-40-15-11-25(27)26-7-3-4-8-31(26)52-24-9-10-24/h3-4,7-8,11,15,17-19,22,24,30,33-35,43-47H,5-6,9-10,12-14,16,20-21H2,1-2H3,(H,41,48)/t30-,33+,34-,35-/m0/s1. The maximum absolute atomic E-state index is 15.4. The number of aliphatic hydroxyl groups is 5. The van der Waals surface area contributed by atoms with Crippen LogP contribution in [-0.4, -0.2) is 105 Å². The van der Waals surface area contributed by atoms with Crippen LogP contribution in [-0.2, 0) is 31.8 Å². The van der Waals surface area contributed by atoms with Crippen molar-refractivity contribution in [2.45, 2.75) is 106 Å². The van der Waals surface area contributed by atoms with Crippen molar-refractivity contribution < 1.29 is 52.6 Å². The van der Waals surface area contributed by atoms with Crippen LogP contribution >= 0.6 is 11.6 Å². The van der Waals surface area contributed by atoms with Gasteiger partial charge in [0.05, 0.1) is 24.9 Å². The topological polar surface area (TPSA) is 199 Å². The van der Waals surface area contributed by atoms with Crippen molar-refractivity contribution >= 4 is 27.5 Å². The van der Waals surface area contributed by atoms with E-state index in [9.17, 15) is 33.6 Å². The van der Waals surface area contributed by atoms with Gasteiger partial charge in [0.25, 0.3) is 5.91 Å². The van der Waals surface area contributed by atoms with Gasteiger partial charge in [-0.1, -0.05) is 29.8 Å². The first-order chi connectivity index (χ1) is 25.2. The Kier molecular flexibility index (Phi) is 13.5. The number of benzene rings is 2. The fraction of sp³-hybridized carbons (Fsp3) is 0.514. The first-order valence-electron chi connectivity index (χ1n) is 17.6. The molecule has 5 rings (SSSR count). The Labute approximate surface area is 313 Å². The number of carbonyl (C=O) groups excluding carboxylic acids is 1. The molecule has 0 saturated heterocycles. The molecule has 2 saturated carbocycles. The number of carbonyl (C=O) groups is 1. The van der Waals surface area contributed by atoms with E-state index in [0.29, 0.717) is 18.4 Å². The molecule has 4 atom stereocenters. The number of amides is 1. The number of sulfonamides is 1. The highest BCUT2D eigenvalue weighted by Gasteiger charge is 2.48. The third-order valence-corrected chi connectivity index (χ3v) is 11.8. The smallest absolute Gasteiger partial charge is 0.251 e. The molecular weight excluding hydrogens is 733 g/mol. The fourth-order valence-corrected chi connectivity index (χ4v) is 8.00. The summed E-state index contributed by atoms with van der Waals surface area (Å²) in [7, 11) is -4.37. The minimum Gasteiger partial charge on any atom is -0.490 e. The Balaban J connectivity index is 1.24. The van der Waals surface area contributed by atoms with E-state index >= 15 is 4.39 Å². The molecule has 0 bridgehead atoms. The third-order valence-electron chi connectivity index (χ3n) is 9.41. The van der Waals surface area contributed by atoms with Gasteiger partial charge >= 0.3 is 0 Å². The predicted octanol–water partition coefficient (Wildman–Crippen LogP) is 3.02. The second kappa shape index (κ2) is 17.5. The van der Waals surface area contributed by atoms with Crippen molar-refractivity contribution in [1.29, 1.82) is 0 Å². The molecule has 2 aliphatic carbocycles. The van der Waals surface area contributed by atoms with E-state index in [2.05, 4.69) is 10.3 Å². The molecule has 0 radical (unpaired) electrons. The van der Waals surface area contributed by atoms with E-state index in [1.807, 2.05) is 30.3 Å². The van der Waals surface area contributed by atoms with Crippen LogP contribution in [0.2, 0.25) is 5.02 Å². The molecule has 1 aromatic heterocycles. The number of unbranched alkanes of at least 4 members (excludes halogenated alkanes) is 1. The van der Waals surface area contributed by atoms with Gasteiger partial charge in [0.2, 0.25) is 10.0 Å². The third kappa shape index (κ3) is 9.71. The Morgan fingerprint density at radius 3 is 2.45 bits per heavy atom. The Morgan fingerprint density at radius 1 is 1.08 bits per heavy atom. The zero-order valence-electron chi connectivity index (χ0n) is 29.6. The Bertz CT molecular complexity index is 1840. The monoisotopic (exact) mass is 779 g/mol. The van der Waals surface area contributed by atoms with E-state index < -0.39 is 69.3 Å². The number of nitrogens with one attached hydrogen (secondary N) is 1. The molecule has 1 amide bonds. The molecule has 3 aromatic rings. The lowest BCUT2D eigenvalue weighted by molar-refractivity contribution is -0.148. The van der Waals surface area contributed by atoms with E-state index in [4.69, 9.17) is 26.2 Å².